The van der Waals surface area contributed by atoms with Crippen LogP contribution in [0, 0.1) is 11.6 Å². The van der Waals surface area contributed by atoms with Crippen molar-refractivity contribution in [2.75, 3.05) is 64.5 Å². The molecule has 2 saturated heterocycles. The molecule has 0 bridgehead atoms. The van der Waals surface area contributed by atoms with Crippen molar-refractivity contribution in [2.45, 2.75) is 50.8 Å². The van der Waals surface area contributed by atoms with Gasteiger partial charge in [-0.1, -0.05) is 19.9 Å². The van der Waals surface area contributed by atoms with Gasteiger partial charge in [-0.2, -0.15) is 10.2 Å². The number of methoxy groups -OCH3 is 1. The first-order valence-electron chi connectivity index (χ1n) is 14.0. The third-order valence-electron chi connectivity index (χ3n) is 8.07. The van der Waals surface area contributed by atoms with Gasteiger partial charge < -0.3 is 24.6 Å². The zero-order valence-corrected chi connectivity index (χ0v) is 26.5. The van der Waals surface area contributed by atoms with Crippen LogP contribution in [0.15, 0.2) is 24.3 Å². The number of ether oxygens (including phenoxy) is 2. The maximum absolute atomic E-state index is 14.3. The summed E-state index contributed by atoms with van der Waals surface area (Å²) in [5.74, 6) is -1.43. The molecule has 0 radical (unpaired) electrons. The molecule has 1 N–H and O–H groups in total. The quantitative estimate of drug-likeness (QED) is 0.468. The number of morpholine rings is 1. The van der Waals surface area contributed by atoms with E-state index in [-0.39, 0.29) is 74.4 Å². The number of carbonyl (C=O) groups is 2. The van der Waals surface area contributed by atoms with Crippen LogP contribution in [0.5, 0.6) is 0 Å². The fourth-order valence-electron chi connectivity index (χ4n) is 5.90. The number of benzene rings is 1. The van der Waals surface area contributed by atoms with E-state index >= 15 is 0 Å². The number of nitrogens with one attached hydrogen (secondary N) is 1. The zero-order chi connectivity index (χ0) is 29.3. The van der Waals surface area contributed by atoms with Crippen molar-refractivity contribution in [1.82, 2.24) is 25.3 Å². The minimum absolute atomic E-state index is 0. The van der Waals surface area contributed by atoms with Gasteiger partial charge in [0.15, 0.2) is 0 Å². The largest absolute Gasteiger partial charge is 0.382 e. The Morgan fingerprint density at radius 3 is 2.67 bits per heavy atom. The summed E-state index contributed by atoms with van der Waals surface area (Å²) < 4.78 is 38.5. The van der Waals surface area contributed by atoms with E-state index in [1.165, 1.54) is 12.1 Å². The van der Waals surface area contributed by atoms with Gasteiger partial charge in [0.05, 0.1) is 36.3 Å². The van der Waals surface area contributed by atoms with E-state index in [1.54, 1.807) is 23.0 Å². The predicted molar refractivity (Wildman–Crippen MR) is 162 cm³/mol. The molecule has 43 heavy (non-hydrogen) atoms. The van der Waals surface area contributed by atoms with E-state index in [0.29, 0.717) is 62.0 Å². The molecular weight excluding hydrogens is 605 g/mol. The topological polar surface area (TPSA) is 100 Å². The standard InChI is InChI=1S/C29H38F2N6O4.2ClH/c1-18-11-35(22(10-32-18)12-36-13-23(15-40-4)41-16-27(36)39)14-26(38)37-17-29(2,3)28-25(37)9-21(33-34-28)7-19-5-6-20(30)8-24(19)31;;/h5-6,8-9,18,22-23,32H,7,10-17H2,1-4H3;2*1H/t18-,22-,23+;;/m1../s1. The van der Waals surface area contributed by atoms with Gasteiger partial charge in [0.2, 0.25) is 11.8 Å². The van der Waals surface area contributed by atoms with Gasteiger partial charge >= 0.3 is 0 Å². The molecule has 0 aliphatic carbocycles. The average Bonchev–Trinajstić information content (AvgIpc) is 3.19. The highest BCUT2D eigenvalue weighted by atomic mass is 35.5. The van der Waals surface area contributed by atoms with Crippen LogP contribution in [0.4, 0.5) is 14.5 Å². The number of carbonyl (C=O) groups excluding carboxylic acids is 2. The summed E-state index contributed by atoms with van der Waals surface area (Å²) in [6.45, 7) is 9.40. The van der Waals surface area contributed by atoms with Crippen LogP contribution in [-0.2, 0) is 30.9 Å². The maximum Gasteiger partial charge on any atom is 0.248 e. The van der Waals surface area contributed by atoms with E-state index in [9.17, 15) is 18.4 Å². The molecule has 3 aliphatic heterocycles. The second-order valence-electron chi connectivity index (χ2n) is 11.9. The summed E-state index contributed by atoms with van der Waals surface area (Å²) in [7, 11) is 1.61. The van der Waals surface area contributed by atoms with Gasteiger partial charge in [-0.3, -0.25) is 14.5 Å². The van der Waals surface area contributed by atoms with Gasteiger partial charge in [-0.05, 0) is 24.6 Å². The molecule has 3 aliphatic rings. The molecule has 2 amide bonds. The number of aromatic nitrogens is 2. The summed E-state index contributed by atoms with van der Waals surface area (Å²) >= 11 is 0. The molecule has 0 saturated carbocycles. The van der Waals surface area contributed by atoms with E-state index < -0.39 is 17.0 Å². The minimum atomic E-state index is -0.647. The maximum atomic E-state index is 14.3. The van der Waals surface area contributed by atoms with Crippen LogP contribution in [0.1, 0.15) is 37.7 Å². The Morgan fingerprint density at radius 2 is 1.95 bits per heavy atom. The summed E-state index contributed by atoms with van der Waals surface area (Å²) in [6.07, 6.45) is -0.0468. The number of hydrogen-bond donors (Lipinski definition) is 1. The number of hydrogen-bond acceptors (Lipinski definition) is 8. The van der Waals surface area contributed by atoms with Gasteiger partial charge in [-0.25, -0.2) is 8.78 Å². The minimum Gasteiger partial charge on any atom is -0.382 e. The number of nitrogens with zero attached hydrogens (tertiary/aromatic N) is 5. The van der Waals surface area contributed by atoms with Crippen LogP contribution in [0.2, 0.25) is 0 Å². The van der Waals surface area contributed by atoms with Crippen molar-refractivity contribution in [2.24, 2.45) is 0 Å². The molecule has 10 nitrogen and oxygen atoms in total. The van der Waals surface area contributed by atoms with Crippen molar-refractivity contribution in [3.8, 4) is 0 Å². The summed E-state index contributed by atoms with van der Waals surface area (Å²) in [5.41, 5.74) is 1.76. The highest BCUT2D eigenvalue weighted by Crippen LogP contribution is 2.39. The van der Waals surface area contributed by atoms with Crippen molar-refractivity contribution < 1.29 is 27.8 Å². The monoisotopic (exact) mass is 644 g/mol. The number of anilines is 1. The smallest absolute Gasteiger partial charge is 0.248 e. The first-order chi connectivity index (χ1) is 19.5. The lowest BCUT2D eigenvalue weighted by Gasteiger charge is -2.43. The first-order valence-corrected chi connectivity index (χ1v) is 14.0. The number of piperazine rings is 1. The fourth-order valence-corrected chi connectivity index (χ4v) is 5.90. The molecule has 238 valence electrons. The van der Waals surface area contributed by atoms with E-state index in [1.807, 2.05) is 13.8 Å². The average molecular weight is 646 g/mol. The van der Waals surface area contributed by atoms with Gasteiger partial charge in [0.25, 0.3) is 0 Å². The van der Waals surface area contributed by atoms with Crippen molar-refractivity contribution >= 4 is 42.3 Å². The molecule has 0 spiro atoms. The van der Waals surface area contributed by atoms with Crippen LogP contribution in [-0.4, -0.2) is 110 Å². The molecule has 1 aromatic carbocycles. The van der Waals surface area contributed by atoms with E-state index in [0.717, 1.165) is 6.07 Å². The molecule has 3 atom stereocenters. The lowest BCUT2D eigenvalue weighted by atomic mass is 9.91. The number of fused-ring (bicyclic) bond motifs is 1. The van der Waals surface area contributed by atoms with Crippen LogP contribution in [0.3, 0.4) is 0 Å². The Kier molecular flexibility index (Phi) is 11.8. The Hall–Kier alpha value is -2.48. The lowest BCUT2D eigenvalue weighted by molar-refractivity contribution is -0.153. The highest BCUT2D eigenvalue weighted by molar-refractivity contribution is 5.97. The molecule has 4 heterocycles. The Labute approximate surface area is 263 Å². The third-order valence-corrected chi connectivity index (χ3v) is 8.07. The molecule has 2 aromatic rings. The molecule has 2 fully saturated rings. The number of amides is 2. The van der Waals surface area contributed by atoms with Crippen molar-refractivity contribution in [1.29, 1.82) is 0 Å². The zero-order valence-electron chi connectivity index (χ0n) is 24.8. The molecule has 1 aromatic heterocycles. The number of halogens is 4. The van der Waals surface area contributed by atoms with Gasteiger partial charge in [0.1, 0.15) is 18.2 Å². The number of rotatable bonds is 8. The molecular formula is C29H40Cl2F2N6O4. The van der Waals surface area contributed by atoms with Gasteiger partial charge in [0, 0.05) is 69.8 Å². The second kappa shape index (κ2) is 14.5. The van der Waals surface area contributed by atoms with E-state index in [4.69, 9.17) is 9.47 Å². The van der Waals surface area contributed by atoms with E-state index in [2.05, 4.69) is 27.3 Å². The Balaban J connectivity index is 0.00000253. The molecule has 14 heteroatoms. The second-order valence-corrected chi connectivity index (χ2v) is 11.9. The summed E-state index contributed by atoms with van der Waals surface area (Å²) in [4.78, 5) is 32.2. The third kappa shape index (κ3) is 7.98. The Bertz CT molecular complexity index is 1310. The summed E-state index contributed by atoms with van der Waals surface area (Å²) in [5, 5.41) is 12.2. The molecule has 0 unspecified atom stereocenters. The summed E-state index contributed by atoms with van der Waals surface area (Å²) in [6, 6.07) is 5.38. The Morgan fingerprint density at radius 1 is 1.19 bits per heavy atom. The van der Waals surface area contributed by atoms with Crippen LogP contribution < -0.4 is 10.2 Å². The molecule has 5 rings (SSSR count). The van der Waals surface area contributed by atoms with Gasteiger partial charge in [-0.15, -0.1) is 24.8 Å². The van der Waals surface area contributed by atoms with Crippen LogP contribution >= 0.6 is 24.8 Å². The van der Waals surface area contributed by atoms with Crippen molar-refractivity contribution in [3.63, 3.8) is 0 Å². The predicted octanol–water partition coefficient (Wildman–Crippen LogP) is 2.35. The highest BCUT2D eigenvalue weighted by Gasteiger charge is 2.41. The lowest BCUT2D eigenvalue weighted by Crippen LogP contribution is -2.62. The normalized spacial score (nSPS) is 23.4. The van der Waals surface area contributed by atoms with Crippen molar-refractivity contribution in [3.05, 3.63) is 52.9 Å². The fraction of sp³-hybridized carbons (Fsp3) is 0.586. The SMILES string of the molecule is COC[C@@H]1CN(C[C@H]2CN[C@H](C)CN2CC(=O)N2CC(C)(C)c3nnc(Cc4ccc(F)cc4F)cc32)C(=O)CO1.Cl.Cl. The van der Waals surface area contributed by atoms with Crippen LogP contribution in [0.25, 0.3) is 0 Å². The first kappa shape index (κ1) is 35.0.